The summed E-state index contributed by atoms with van der Waals surface area (Å²) >= 11 is 0. The molecule has 0 radical (unpaired) electrons. The van der Waals surface area contributed by atoms with Crippen molar-refractivity contribution in [3.05, 3.63) is 11.6 Å². The van der Waals surface area contributed by atoms with Crippen LogP contribution in [0.3, 0.4) is 0 Å². The first-order valence-corrected chi connectivity index (χ1v) is 4.30. The Bertz CT molecular complexity index is 187. The molecular formula is C10H18O. The van der Waals surface area contributed by atoms with Gasteiger partial charge in [0.2, 0.25) is 0 Å². The van der Waals surface area contributed by atoms with E-state index in [4.69, 9.17) is 0 Å². The highest BCUT2D eigenvalue weighted by Gasteiger charge is 2.46. The fourth-order valence-electron chi connectivity index (χ4n) is 1.79. The Labute approximate surface area is 69.1 Å². The van der Waals surface area contributed by atoms with Crippen LogP contribution >= 0.6 is 0 Å². The van der Waals surface area contributed by atoms with Crippen molar-refractivity contribution in [2.75, 3.05) is 0 Å². The standard InChI is InChI=1S/C10H18O/c1-5-8-6-7-9(2,3)10(8,4)11/h5,11H,6-7H2,1-4H3/b8-5+. The first-order valence-electron chi connectivity index (χ1n) is 4.30. The minimum atomic E-state index is -0.582. The lowest BCUT2D eigenvalue weighted by Gasteiger charge is -2.34. The largest absolute Gasteiger partial charge is 0.385 e. The number of aliphatic hydroxyl groups is 1. The van der Waals surface area contributed by atoms with Crippen LogP contribution in [0.2, 0.25) is 0 Å². The van der Waals surface area contributed by atoms with E-state index in [9.17, 15) is 5.11 Å². The molecule has 11 heavy (non-hydrogen) atoms. The summed E-state index contributed by atoms with van der Waals surface area (Å²) in [5, 5.41) is 10.1. The fraction of sp³-hybridized carbons (Fsp3) is 0.800. The summed E-state index contributed by atoms with van der Waals surface area (Å²) in [6.45, 7) is 8.19. The molecule has 1 aliphatic rings. The van der Waals surface area contributed by atoms with Gasteiger partial charge in [0.15, 0.2) is 0 Å². The van der Waals surface area contributed by atoms with Crippen LogP contribution in [0.15, 0.2) is 11.6 Å². The highest BCUT2D eigenvalue weighted by Crippen LogP contribution is 2.48. The molecule has 64 valence electrons. The second-order valence-corrected chi connectivity index (χ2v) is 4.27. The zero-order valence-electron chi connectivity index (χ0n) is 7.94. The summed E-state index contributed by atoms with van der Waals surface area (Å²) in [6, 6.07) is 0. The SMILES string of the molecule is C/C=C1\CCC(C)(C)C1(C)O. The van der Waals surface area contributed by atoms with Crippen LogP contribution in [0.5, 0.6) is 0 Å². The third kappa shape index (κ3) is 1.12. The maximum absolute atomic E-state index is 10.1. The second-order valence-electron chi connectivity index (χ2n) is 4.27. The summed E-state index contributed by atoms with van der Waals surface area (Å²) < 4.78 is 0. The molecule has 1 nitrogen and oxygen atoms in total. The van der Waals surface area contributed by atoms with Gasteiger partial charge in [-0.3, -0.25) is 0 Å². The third-order valence-corrected chi connectivity index (χ3v) is 3.31. The van der Waals surface area contributed by atoms with Crippen molar-refractivity contribution >= 4 is 0 Å². The van der Waals surface area contributed by atoms with Gasteiger partial charge in [-0.15, -0.1) is 0 Å². The van der Waals surface area contributed by atoms with Gasteiger partial charge in [0.05, 0.1) is 5.60 Å². The van der Waals surface area contributed by atoms with Gasteiger partial charge in [0.1, 0.15) is 0 Å². The van der Waals surface area contributed by atoms with Gasteiger partial charge < -0.3 is 5.11 Å². The molecule has 0 spiro atoms. The Balaban J connectivity index is 2.99. The van der Waals surface area contributed by atoms with Gasteiger partial charge in [0.25, 0.3) is 0 Å². The lowest BCUT2D eigenvalue weighted by atomic mass is 9.78. The Morgan fingerprint density at radius 2 is 1.91 bits per heavy atom. The minimum absolute atomic E-state index is 0.0504. The first-order chi connectivity index (χ1) is 4.92. The molecule has 1 aliphatic carbocycles. The monoisotopic (exact) mass is 154 g/mol. The van der Waals surface area contributed by atoms with Crippen molar-refractivity contribution in [1.29, 1.82) is 0 Å². The van der Waals surface area contributed by atoms with Crippen LogP contribution in [-0.4, -0.2) is 10.7 Å². The molecule has 1 saturated carbocycles. The molecule has 0 amide bonds. The number of allylic oxidation sites excluding steroid dienone is 1. The predicted molar refractivity (Wildman–Crippen MR) is 47.4 cm³/mol. The molecule has 1 rings (SSSR count). The molecule has 1 fully saturated rings. The van der Waals surface area contributed by atoms with Crippen molar-refractivity contribution < 1.29 is 5.11 Å². The fourth-order valence-corrected chi connectivity index (χ4v) is 1.79. The van der Waals surface area contributed by atoms with Crippen LogP contribution in [0.4, 0.5) is 0 Å². The quantitative estimate of drug-likeness (QED) is 0.531. The first kappa shape index (κ1) is 8.79. The Hall–Kier alpha value is -0.300. The van der Waals surface area contributed by atoms with Crippen LogP contribution in [-0.2, 0) is 0 Å². The maximum atomic E-state index is 10.1. The average molecular weight is 154 g/mol. The summed E-state index contributed by atoms with van der Waals surface area (Å²) in [4.78, 5) is 0. The van der Waals surface area contributed by atoms with Gasteiger partial charge >= 0.3 is 0 Å². The van der Waals surface area contributed by atoms with E-state index in [0.717, 1.165) is 12.8 Å². The van der Waals surface area contributed by atoms with E-state index in [1.807, 2.05) is 13.8 Å². The zero-order valence-corrected chi connectivity index (χ0v) is 7.94. The third-order valence-electron chi connectivity index (χ3n) is 3.31. The predicted octanol–water partition coefficient (Wildman–Crippen LogP) is 2.50. The van der Waals surface area contributed by atoms with Gasteiger partial charge in [-0.2, -0.15) is 0 Å². The van der Waals surface area contributed by atoms with Crippen LogP contribution in [0, 0.1) is 5.41 Å². The van der Waals surface area contributed by atoms with E-state index in [1.165, 1.54) is 5.57 Å². The van der Waals surface area contributed by atoms with E-state index in [0.29, 0.717) is 0 Å². The number of hydrogen-bond donors (Lipinski definition) is 1. The Morgan fingerprint density at radius 1 is 1.36 bits per heavy atom. The molecule has 1 atom stereocenters. The van der Waals surface area contributed by atoms with Crippen molar-refractivity contribution in [1.82, 2.24) is 0 Å². The lowest BCUT2D eigenvalue weighted by Crippen LogP contribution is -2.37. The summed E-state index contributed by atoms with van der Waals surface area (Å²) in [6.07, 6.45) is 4.20. The molecule has 0 heterocycles. The molecular weight excluding hydrogens is 136 g/mol. The van der Waals surface area contributed by atoms with Gasteiger partial charge in [-0.05, 0) is 37.7 Å². The molecule has 1 heteroatoms. The van der Waals surface area contributed by atoms with E-state index in [2.05, 4.69) is 19.9 Å². The highest BCUT2D eigenvalue weighted by atomic mass is 16.3. The topological polar surface area (TPSA) is 20.2 Å². The maximum Gasteiger partial charge on any atom is 0.0879 e. The Morgan fingerprint density at radius 3 is 2.09 bits per heavy atom. The smallest absolute Gasteiger partial charge is 0.0879 e. The summed E-state index contributed by atoms with van der Waals surface area (Å²) in [7, 11) is 0. The van der Waals surface area contributed by atoms with Crippen molar-refractivity contribution in [3.63, 3.8) is 0 Å². The molecule has 0 aromatic heterocycles. The van der Waals surface area contributed by atoms with Crippen molar-refractivity contribution in [3.8, 4) is 0 Å². The van der Waals surface area contributed by atoms with Gasteiger partial charge in [-0.1, -0.05) is 19.9 Å². The van der Waals surface area contributed by atoms with Gasteiger partial charge in [0, 0.05) is 0 Å². The zero-order chi connectivity index (χ0) is 8.70. The summed E-state index contributed by atoms with van der Waals surface area (Å²) in [5.41, 5.74) is 0.666. The molecule has 0 aromatic carbocycles. The molecule has 0 aliphatic heterocycles. The normalized spacial score (nSPS) is 39.9. The Kier molecular flexibility index (Phi) is 1.87. The van der Waals surface area contributed by atoms with Crippen LogP contribution in [0.25, 0.3) is 0 Å². The van der Waals surface area contributed by atoms with Crippen molar-refractivity contribution in [2.24, 2.45) is 5.41 Å². The second kappa shape index (κ2) is 2.34. The van der Waals surface area contributed by atoms with E-state index < -0.39 is 5.60 Å². The molecule has 0 aromatic rings. The number of hydrogen-bond acceptors (Lipinski definition) is 1. The van der Waals surface area contributed by atoms with E-state index >= 15 is 0 Å². The average Bonchev–Trinajstić information content (AvgIpc) is 2.05. The van der Waals surface area contributed by atoms with Crippen molar-refractivity contribution in [2.45, 2.75) is 46.1 Å². The lowest BCUT2D eigenvalue weighted by molar-refractivity contribution is 0.00342. The summed E-state index contributed by atoms with van der Waals surface area (Å²) in [5.74, 6) is 0. The minimum Gasteiger partial charge on any atom is -0.385 e. The van der Waals surface area contributed by atoms with Gasteiger partial charge in [-0.25, -0.2) is 0 Å². The van der Waals surface area contributed by atoms with E-state index in [-0.39, 0.29) is 5.41 Å². The highest BCUT2D eigenvalue weighted by molar-refractivity contribution is 5.24. The van der Waals surface area contributed by atoms with Crippen LogP contribution < -0.4 is 0 Å². The molecule has 0 saturated heterocycles. The van der Waals surface area contributed by atoms with E-state index in [1.54, 1.807) is 0 Å². The molecule has 1 N–H and O–H groups in total. The number of rotatable bonds is 0. The van der Waals surface area contributed by atoms with Crippen LogP contribution in [0.1, 0.15) is 40.5 Å². The molecule has 1 unspecified atom stereocenters. The molecule has 0 bridgehead atoms.